The molecule has 6 nitrogen and oxygen atoms in total. The summed E-state index contributed by atoms with van der Waals surface area (Å²) in [5.41, 5.74) is 5.35. The summed E-state index contributed by atoms with van der Waals surface area (Å²) in [5.74, 6) is -1.98. The Balaban J connectivity index is 3.07. The Kier molecular flexibility index (Phi) is 3.23. The van der Waals surface area contributed by atoms with Crippen LogP contribution < -0.4 is 5.73 Å². The van der Waals surface area contributed by atoms with Gasteiger partial charge in [0, 0.05) is 0 Å². The van der Waals surface area contributed by atoms with Crippen molar-refractivity contribution in [2.75, 3.05) is 7.11 Å². The van der Waals surface area contributed by atoms with E-state index in [1.165, 1.54) is 6.07 Å². The number of aliphatic hydroxyl groups is 1. The fraction of sp³-hybridized carbons (Fsp3) is 0.300. The van der Waals surface area contributed by atoms with E-state index in [1.807, 2.05) is 0 Å². The van der Waals surface area contributed by atoms with Crippen molar-refractivity contribution in [3.8, 4) is 11.5 Å². The van der Waals surface area contributed by atoms with E-state index in [4.69, 9.17) is 12.2 Å². The van der Waals surface area contributed by atoms with Crippen molar-refractivity contribution in [1.82, 2.24) is 0 Å². The Morgan fingerprint density at radius 3 is 2.62 bits per heavy atom. The number of nitrogens with two attached hydrogens (primary N) is 1. The molecule has 88 valence electrons. The highest BCUT2D eigenvalue weighted by Gasteiger charge is 2.25. The maximum atomic E-state index is 11.2. The fourth-order valence-corrected chi connectivity index (χ4v) is 1.12. The van der Waals surface area contributed by atoms with Gasteiger partial charge in [-0.2, -0.15) is 0 Å². The van der Waals surface area contributed by atoms with E-state index >= 15 is 0 Å². The maximum absolute atomic E-state index is 11.2. The van der Waals surface area contributed by atoms with E-state index in [1.54, 1.807) is 0 Å². The van der Waals surface area contributed by atoms with Crippen molar-refractivity contribution in [2.24, 2.45) is 5.73 Å². The highest BCUT2D eigenvalue weighted by atomic mass is 16.5. The average molecular weight is 228 g/mol. The van der Waals surface area contributed by atoms with Gasteiger partial charge in [-0.3, -0.25) is 4.79 Å². The van der Waals surface area contributed by atoms with Gasteiger partial charge in [-0.1, -0.05) is 6.07 Å². The second kappa shape index (κ2) is 4.82. The second-order valence-electron chi connectivity index (χ2n) is 3.10. The van der Waals surface area contributed by atoms with Crippen LogP contribution in [0.25, 0.3) is 0 Å². The van der Waals surface area contributed by atoms with Gasteiger partial charge < -0.3 is 25.8 Å². The quantitative estimate of drug-likeness (QED) is 0.415. The lowest BCUT2D eigenvalue weighted by Crippen LogP contribution is -2.37. The molecule has 0 aliphatic rings. The van der Waals surface area contributed by atoms with Crippen molar-refractivity contribution >= 4 is 5.97 Å². The second-order valence-corrected chi connectivity index (χ2v) is 3.10. The molecule has 0 aromatic heterocycles. The van der Waals surface area contributed by atoms with E-state index in [0.29, 0.717) is 0 Å². The third-order valence-corrected chi connectivity index (χ3v) is 2.03. The highest BCUT2D eigenvalue weighted by Crippen LogP contribution is 2.28. The number of carbonyl (C=O) groups is 1. The van der Waals surface area contributed by atoms with Gasteiger partial charge in [0.25, 0.3) is 0 Å². The summed E-state index contributed by atoms with van der Waals surface area (Å²) in [5, 5.41) is 28.1. The third kappa shape index (κ3) is 2.41. The van der Waals surface area contributed by atoms with Gasteiger partial charge in [0.05, 0.1) is 8.48 Å². The molecular weight excluding hydrogens is 214 g/mol. The molecule has 0 saturated heterocycles. The number of esters is 1. The number of aliphatic hydroxyl groups excluding tert-OH is 1. The van der Waals surface area contributed by atoms with Crippen molar-refractivity contribution < 1.29 is 26.2 Å². The zero-order valence-corrected chi connectivity index (χ0v) is 8.54. The molecule has 0 saturated carbocycles. The van der Waals surface area contributed by atoms with Crippen LogP contribution in [0.15, 0.2) is 18.2 Å². The molecule has 1 aromatic rings. The first-order valence-electron chi connectivity index (χ1n) is 4.88. The van der Waals surface area contributed by atoms with Crippen molar-refractivity contribution in [3.63, 3.8) is 0 Å². The molecule has 2 atom stereocenters. The van der Waals surface area contributed by atoms with Crippen LogP contribution in [0.5, 0.6) is 11.5 Å². The van der Waals surface area contributed by atoms with Crippen LogP contribution in [0.1, 0.15) is 13.0 Å². The van der Waals surface area contributed by atoms with Crippen LogP contribution in [0.2, 0.25) is 0 Å². The molecule has 0 bridgehead atoms. The first-order valence-corrected chi connectivity index (χ1v) is 4.38. The predicted octanol–water partition coefficient (Wildman–Crippen LogP) is -0.369. The molecule has 0 aliphatic heterocycles. The number of phenolic OH excluding ortho intramolecular Hbond substituents is 2. The lowest BCUT2D eigenvalue weighted by Gasteiger charge is -2.17. The molecule has 5 N–H and O–H groups in total. The summed E-state index contributed by atoms with van der Waals surface area (Å²) in [6.07, 6.45) is -1.69. The summed E-state index contributed by atoms with van der Waals surface area (Å²) < 4.78 is 11.8. The van der Waals surface area contributed by atoms with Crippen molar-refractivity contribution in [2.45, 2.75) is 12.1 Å². The van der Waals surface area contributed by atoms with Gasteiger partial charge in [-0.15, -0.1) is 0 Å². The minimum absolute atomic E-state index is 0.0169. The molecule has 6 heteroatoms. The number of ether oxygens (including phenoxy) is 1. The zero-order chi connectivity index (χ0) is 13.2. The number of benzene rings is 1. The SMILES string of the molecule is [2H][C@](N)(C(=O)OC)[C@@H](O)c1ccc(O)c(O)c1. The third-order valence-electron chi connectivity index (χ3n) is 2.03. The molecule has 16 heavy (non-hydrogen) atoms. The zero-order valence-electron chi connectivity index (χ0n) is 9.54. The van der Waals surface area contributed by atoms with Gasteiger partial charge in [-0.05, 0) is 17.7 Å². The van der Waals surface area contributed by atoms with Gasteiger partial charge in [0.2, 0.25) is 0 Å². The Hall–Kier alpha value is -1.79. The molecule has 1 rings (SSSR count). The van der Waals surface area contributed by atoms with Crippen molar-refractivity contribution in [3.05, 3.63) is 23.8 Å². The molecule has 0 unspecified atom stereocenters. The number of hydrogen-bond donors (Lipinski definition) is 4. The van der Waals surface area contributed by atoms with E-state index in [0.717, 1.165) is 19.2 Å². The lowest BCUT2D eigenvalue weighted by atomic mass is 10.0. The van der Waals surface area contributed by atoms with Crippen LogP contribution in [-0.4, -0.2) is 34.4 Å². The van der Waals surface area contributed by atoms with Gasteiger partial charge >= 0.3 is 5.97 Å². The van der Waals surface area contributed by atoms with Crippen LogP contribution in [-0.2, 0) is 9.53 Å². The molecule has 0 radical (unpaired) electrons. The Bertz CT molecular complexity index is 435. The molecule has 0 amide bonds. The standard InChI is InChI=1S/C10H13NO5/c1-16-10(15)8(11)9(14)5-2-3-6(12)7(13)4-5/h2-4,8-9,12-14H,11H2,1H3/t8-,9+/m1/s1/i8D. The summed E-state index contributed by atoms with van der Waals surface area (Å²) in [4.78, 5) is 11.2. The van der Waals surface area contributed by atoms with Gasteiger partial charge in [-0.25, -0.2) is 0 Å². The monoisotopic (exact) mass is 228 g/mol. The summed E-state index contributed by atoms with van der Waals surface area (Å²) in [6.45, 7) is 0. The maximum Gasteiger partial charge on any atom is 0.325 e. The van der Waals surface area contributed by atoms with Gasteiger partial charge in [0.1, 0.15) is 12.1 Å². The topological polar surface area (TPSA) is 113 Å². The Labute approximate surface area is 93.3 Å². The van der Waals surface area contributed by atoms with Crippen LogP contribution in [0.4, 0.5) is 0 Å². The number of methoxy groups -OCH3 is 1. The number of rotatable bonds is 3. The molecule has 0 aliphatic carbocycles. The van der Waals surface area contributed by atoms with Crippen LogP contribution in [0, 0.1) is 0 Å². The number of aromatic hydroxyl groups is 2. The minimum Gasteiger partial charge on any atom is -0.504 e. The minimum atomic E-state index is -2.39. The van der Waals surface area contributed by atoms with E-state index < -0.39 is 23.8 Å². The first-order chi connectivity index (χ1) is 7.80. The summed E-state index contributed by atoms with van der Waals surface area (Å²) in [7, 11) is 1.04. The fourth-order valence-electron chi connectivity index (χ4n) is 1.12. The Morgan fingerprint density at radius 2 is 2.12 bits per heavy atom. The average Bonchev–Trinajstić information content (AvgIpc) is 2.30. The highest BCUT2D eigenvalue weighted by molar-refractivity contribution is 5.76. The normalized spacial score (nSPS) is 17.1. The smallest absolute Gasteiger partial charge is 0.325 e. The lowest BCUT2D eigenvalue weighted by molar-refractivity contribution is -0.145. The molecular formula is C10H13NO5. The van der Waals surface area contributed by atoms with E-state index in [2.05, 4.69) is 4.74 Å². The summed E-state index contributed by atoms with van der Waals surface area (Å²) >= 11 is 0. The predicted molar refractivity (Wildman–Crippen MR) is 54.7 cm³/mol. The number of hydrogen-bond acceptors (Lipinski definition) is 6. The number of phenols is 2. The van der Waals surface area contributed by atoms with Gasteiger partial charge in [0.15, 0.2) is 11.5 Å². The summed E-state index contributed by atoms with van der Waals surface area (Å²) in [6, 6.07) is 0.970. The number of carbonyl (C=O) groups excluding carboxylic acids is 1. The van der Waals surface area contributed by atoms with E-state index in [-0.39, 0.29) is 11.3 Å². The van der Waals surface area contributed by atoms with Crippen LogP contribution >= 0.6 is 0 Å². The molecule has 0 heterocycles. The largest absolute Gasteiger partial charge is 0.504 e. The van der Waals surface area contributed by atoms with Crippen molar-refractivity contribution in [1.29, 1.82) is 0 Å². The Morgan fingerprint density at radius 1 is 1.50 bits per heavy atom. The first kappa shape index (κ1) is 10.7. The van der Waals surface area contributed by atoms with Crippen LogP contribution in [0.3, 0.4) is 0 Å². The van der Waals surface area contributed by atoms with E-state index in [9.17, 15) is 15.0 Å². The molecule has 0 spiro atoms. The molecule has 1 aromatic carbocycles. The molecule has 0 fully saturated rings.